The molecule has 5 heteroatoms. The molecule has 110 valence electrons. The molecule has 2 N–H and O–H groups in total. The summed E-state index contributed by atoms with van der Waals surface area (Å²) < 4.78 is 5.68. The molecule has 5 nitrogen and oxygen atoms in total. The van der Waals surface area contributed by atoms with Gasteiger partial charge in [-0.1, -0.05) is 24.3 Å². The Morgan fingerprint density at radius 2 is 1.90 bits per heavy atom. The first kappa shape index (κ1) is 15.0. The predicted molar refractivity (Wildman–Crippen MR) is 81.2 cm³/mol. The van der Waals surface area contributed by atoms with Gasteiger partial charge in [0, 0.05) is 17.7 Å². The van der Waals surface area contributed by atoms with Crippen LogP contribution < -0.4 is 10.5 Å². The number of hydrogen-bond acceptors (Lipinski definition) is 4. The van der Waals surface area contributed by atoms with Crippen molar-refractivity contribution in [3.05, 3.63) is 69.3 Å². The van der Waals surface area contributed by atoms with E-state index in [0.717, 1.165) is 11.1 Å². The topological polar surface area (TPSA) is 78.4 Å². The molecule has 0 aliphatic carbocycles. The van der Waals surface area contributed by atoms with Gasteiger partial charge in [-0.3, -0.25) is 10.1 Å². The Balaban J connectivity index is 2.09. The first-order valence-electron chi connectivity index (χ1n) is 6.70. The molecule has 21 heavy (non-hydrogen) atoms. The summed E-state index contributed by atoms with van der Waals surface area (Å²) in [6, 6.07) is 12.5. The molecule has 0 bridgehead atoms. The summed E-state index contributed by atoms with van der Waals surface area (Å²) in [5.74, 6) is 0.713. The predicted octanol–water partition coefficient (Wildman–Crippen LogP) is 3.50. The van der Waals surface area contributed by atoms with E-state index in [4.69, 9.17) is 10.5 Å². The Kier molecular flexibility index (Phi) is 4.55. The Bertz CT molecular complexity index is 636. The Morgan fingerprint density at radius 3 is 2.48 bits per heavy atom. The largest absolute Gasteiger partial charge is 0.489 e. The highest BCUT2D eigenvalue weighted by Crippen LogP contribution is 2.23. The summed E-state index contributed by atoms with van der Waals surface area (Å²) >= 11 is 0. The number of nitro groups is 1. The van der Waals surface area contributed by atoms with Crippen LogP contribution in [0, 0.1) is 17.0 Å². The van der Waals surface area contributed by atoms with Crippen molar-refractivity contribution in [1.82, 2.24) is 0 Å². The summed E-state index contributed by atoms with van der Waals surface area (Å²) in [5, 5.41) is 10.9. The fourth-order valence-electron chi connectivity index (χ4n) is 2.05. The summed E-state index contributed by atoms with van der Waals surface area (Å²) in [5.41, 5.74) is 8.38. The molecule has 0 aliphatic rings. The van der Waals surface area contributed by atoms with Gasteiger partial charge < -0.3 is 10.5 Å². The second-order valence-electron chi connectivity index (χ2n) is 4.96. The van der Waals surface area contributed by atoms with Crippen molar-refractivity contribution in [2.45, 2.75) is 26.5 Å². The molecular formula is C16H18N2O3. The Morgan fingerprint density at radius 1 is 1.24 bits per heavy atom. The van der Waals surface area contributed by atoms with Gasteiger partial charge in [-0.05, 0) is 37.1 Å². The molecule has 0 radical (unpaired) electrons. The van der Waals surface area contributed by atoms with Crippen LogP contribution >= 0.6 is 0 Å². The fraction of sp³-hybridized carbons (Fsp3) is 0.250. The van der Waals surface area contributed by atoms with Gasteiger partial charge in [0.1, 0.15) is 12.4 Å². The molecular weight excluding hydrogens is 268 g/mol. The SMILES string of the molecule is Cc1c(COc2ccc([C@H](C)N)cc2)cccc1[N+](=O)[O-]. The standard InChI is InChI=1S/C16H18N2O3/c1-11-14(4-3-5-16(11)18(19)20)10-21-15-8-6-13(7-9-15)12(2)17/h3-9,12H,10,17H2,1-2H3/t12-/m0/s1. The van der Waals surface area contributed by atoms with E-state index in [9.17, 15) is 10.1 Å². The average Bonchev–Trinajstić information content (AvgIpc) is 2.46. The van der Waals surface area contributed by atoms with Gasteiger partial charge in [-0.15, -0.1) is 0 Å². The van der Waals surface area contributed by atoms with Crippen LogP contribution in [-0.4, -0.2) is 4.92 Å². The van der Waals surface area contributed by atoms with E-state index >= 15 is 0 Å². The number of nitro benzene ring substituents is 1. The molecule has 2 rings (SSSR count). The maximum Gasteiger partial charge on any atom is 0.272 e. The minimum absolute atomic E-state index is 0.0157. The number of nitrogens with two attached hydrogens (primary N) is 1. The second kappa shape index (κ2) is 6.37. The summed E-state index contributed by atoms with van der Waals surface area (Å²) in [6.45, 7) is 3.95. The molecule has 2 aromatic carbocycles. The van der Waals surface area contributed by atoms with Crippen LogP contribution in [0.25, 0.3) is 0 Å². The number of hydrogen-bond donors (Lipinski definition) is 1. The molecule has 0 amide bonds. The van der Waals surface area contributed by atoms with Crippen LogP contribution in [0.15, 0.2) is 42.5 Å². The van der Waals surface area contributed by atoms with Crippen molar-refractivity contribution in [2.75, 3.05) is 0 Å². The highest BCUT2D eigenvalue weighted by atomic mass is 16.6. The van der Waals surface area contributed by atoms with Gasteiger partial charge in [0.05, 0.1) is 4.92 Å². The van der Waals surface area contributed by atoms with Gasteiger partial charge in [0.2, 0.25) is 0 Å². The number of rotatable bonds is 5. The first-order chi connectivity index (χ1) is 9.99. The Labute approximate surface area is 123 Å². The zero-order valence-electron chi connectivity index (χ0n) is 12.1. The highest BCUT2D eigenvalue weighted by Gasteiger charge is 2.13. The smallest absolute Gasteiger partial charge is 0.272 e. The van der Waals surface area contributed by atoms with Crippen molar-refractivity contribution in [3.8, 4) is 5.75 Å². The number of ether oxygens (including phenoxy) is 1. The molecule has 0 aromatic heterocycles. The number of benzene rings is 2. The van der Waals surface area contributed by atoms with Crippen molar-refractivity contribution in [3.63, 3.8) is 0 Å². The maximum atomic E-state index is 10.9. The van der Waals surface area contributed by atoms with Crippen molar-refractivity contribution < 1.29 is 9.66 Å². The zero-order chi connectivity index (χ0) is 15.4. The zero-order valence-corrected chi connectivity index (χ0v) is 12.1. The van der Waals surface area contributed by atoms with Crippen LogP contribution in [0.3, 0.4) is 0 Å². The molecule has 0 aliphatic heterocycles. The third kappa shape index (κ3) is 3.58. The average molecular weight is 286 g/mol. The van der Waals surface area contributed by atoms with Gasteiger partial charge in [0.25, 0.3) is 5.69 Å². The summed E-state index contributed by atoms with van der Waals surface area (Å²) in [7, 11) is 0. The first-order valence-corrected chi connectivity index (χ1v) is 6.70. The van der Waals surface area contributed by atoms with Gasteiger partial charge >= 0.3 is 0 Å². The lowest BCUT2D eigenvalue weighted by Gasteiger charge is -2.10. The minimum Gasteiger partial charge on any atom is -0.489 e. The van der Waals surface area contributed by atoms with E-state index in [-0.39, 0.29) is 16.7 Å². The monoisotopic (exact) mass is 286 g/mol. The molecule has 0 saturated heterocycles. The normalized spacial score (nSPS) is 12.0. The van der Waals surface area contributed by atoms with Crippen LogP contribution in [0.1, 0.15) is 29.7 Å². The van der Waals surface area contributed by atoms with Crippen LogP contribution in [0.4, 0.5) is 5.69 Å². The summed E-state index contributed by atoms with van der Waals surface area (Å²) in [6.07, 6.45) is 0. The molecule has 2 aromatic rings. The highest BCUT2D eigenvalue weighted by molar-refractivity contribution is 5.44. The van der Waals surface area contributed by atoms with E-state index in [1.165, 1.54) is 6.07 Å². The fourth-order valence-corrected chi connectivity index (χ4v) is 2.05. The van der Waals surface area contributed by atoms with E-state index in [0.29, 0.717) is 17.9 Å². The lowest BCUT2D eigenvalue weighted by molar-refractivity contribution is -0.385. The molecule has 0 heterocycles. The Hall–Kier alpha value is -2.40. The molecule has 0 saturated carbocycles. The van der Waals surface area contributed by atoms with E-state index in [2.05, 4.69) is 0 Å². The minimum atomic E-state index is -0.379. The van der Waals surface area contributed by atoms with Gasteiger partial charge in [-0.25, -0.2) is 0 Å². The van der Waals surface area contributed by atoms with E-state index in [1.54, 1.807) is 13.0 Å². The van der Waals surface area contributed by atoms with Crippen LogP contribution in [-0.2, 0) is 6.61 Å². The number of nitrogens with zero attached hydrogens (tertiary/aromatic N) is 1. The third-order valence-corrected chi connectivity index (χ3v) is 3.41. The second-order valence-corrected chi connectivity index (χ2v) is 4.96. The van der Waals surface area contributed by atoms with Crippen molar-refractivity contribution in [1.29, 1.82) is 0 Å². The molecule has 1 atom stereocenters. The summed E-state index contributed by atoms with van der Waals surface area (Å²) in [4.78, 5) is 10.5. The maximum absolute atomic E-state index is 10.9. The lowest BCUT2D eigenvalue weighted by Crippen LogP contribution is -2.05. The molecule has 0 fully saturated rings. The van der Waals surface area contributed by atoms with Crippen LogP contribution in [0.5, 0.6) is 5.75 Å². The molecule has 0 spiro atoms. The molecule has 0 unspecified atom stereocenters. The van der Waals surface area contributed by atoms with Gasteiger partial charge in [-0.2, -0.15) is 0 Å². The third-order valence-electron chi connectivity index (χ3n) is 3.41. The van der Waals surface area contributed by atoms with Crippen molar-refractivity contribution in [2.24, 2.45) is 5.73 Å². The van der Waals surface area contributed by atoms with Crippen molar-refractivity contribution >= 4 is 5.69 Å². The van der Waals surface area contributed by atoms with Crippen LogP contribution in [0.2, 0.25) is 0 Å². The van der Waals surface area contributed by atoms with E-state index < -0.39 is 0 Å². The lowest BCUT2D eigenvalue weighted by atomic mass is 10.1. The quantitative estimate of drug-likeness (QED) is 0.674. The van der Waals surface area contributed by atoms with E-state index in [1.807, 2.05) is 37.3 Å². The van der Waals surface area contributed by atoms with Gasteiger partial charge in [0.15, 0.2) is 0 Å².